The summed E-state index contributed by atoms with van der Waals surface area (Å²) < 4.78 is 14.8. The Morgan fingerprint density at radius 1 is 0.477 bits per heavy atom. The zero-order chi connectivity index (χ0) is 32.6. The van der Waals surface area contributed by atoms with Crippen LogP contribution in [0, 0.1) is 0 Å². The second kappa shape index (κ2) is 17.0. The molecule has 0 unspecified atom stereocenters. The minimum atomic E-state index is -1.25. The molecule has 0 aliphatic rings. The number of anilines is 3. The van der Waals surface area contributed by atoms with Crippen LogP contribution in [0.3, 0.4) is 0 Å². The Kier molecular flexibility index (Phi) is 13.2. The van der Waals surface area contributed by atoms with E-state index in [0.29, 0.717) is 17.1 Å². The van der Waals surface area contributed by atoms with Crippen molar-refractivity contribution in [3.63, 3.8) is 0 Å². The van der Waals surface area contributed by atoms with Gasteiger partial charge in [-0.15, -0.1) is 0 Å². The van der Waals surface area contributed by atoms with Gasteiger partial charge in [-0.25, -0.2) is 0 Å². The first-order chi connectivity index (χ1) is 20.8. The lowest BCUT2D eigenvalue weighted by Gasteiger charge is -2.07. The van der Waals surface area contributed by atoms with E-state index in [1.807, 2.05) is 0 Å². The van der Waals surface area contributed by atoms with Gasteiger partial charge in [0, 0.05) is 37.8 Å². The van der Waals surface area contributed by atoms with Crippen LogP contribution in [0.2, 0.25) is 0 Å². The van der Waals surface area contributed by atoms with Crippen molar-refractivity contribution in [3.05, 3.63) is 72.8 Å². The summed E-state index contributed by atoms with van der Waals surface area (Å²) in [5, 5.41) is 16.1. The first-order valence-corrected chi connectivity index (χ1v) is 12.8. The van der Waals surface area contributed by atoms with Crippen molar-refractivity contribution in [2.75, 3.05) is 16.0 Å². The molecule has 0 bridgehead atoms. The number of ether oxygens (including phenoxy) is 3. The third kappa shape index (κ3) is 14.0. The van der Waals surface area contributed by atoms with Crippen molar-refractivity contribution in [2.45, 2.75) is 33.6 Å². The number of carbonyl (C=O) groups excluding carboxylic acids is 6. The average molecular weight is 608 g/mol. The minimum absolute atomic E-state index is 0.208. The van der Waals surface area contributed by atoms with Gasteiger partial charge in [0.2, 0.25) is 17.7 Å². The van der Waals surface area contributed by atoms with Crippen molar-refractivity contribution in [3.8, 4) is 17.2 Å². The highest BCUT2D eigenvalue weighted by atomic mass is 16.6. The molecule has 0 saturated carbocycles. The summed E-state index contributed by atoms with van der Waals surface area (Å²) in [4.78, 5) is 77.5. The molecule has 230 valence electrons. The summed E-state index contributed by atoms with van der Waals surface area (Å²) in [5.74, 6) is -3.58. The fourth-order valence-electron chi connectivity index (χ4n) is 3.17. The highest BCUT2D eigenvalue weighted by Gasteiger charge is 2.14. The lowest BCUT2D eigenvalue weighted by Crippen LogP contribution is -2.18. The lowest BCUT2D eigenvalue weighted by atomic mass is 10.3. The van der Waals surface area contributed by atoms with E-state index in [1.54, 1.807) is 36.4 Å². The van der Waals surface area contributed by atoms with Crippen LogP contribution in [-0.2, 0) is 33.6 Å². The molecule has 0 aliphatic carbocycles. The van der Waals surface area contributed by atoms with Gasteiger partial charge in [0.05, 0.1) is 0 Å². The van der Waals surface area contributed by atoms with E-state index in [1.165, 1.54) is 57.2 Å². The summed E-state index contributed by atoms with van der Waals surface area (Å²) in [5.41, 5.74) is 1.68. The number of hydrogen-bond acceptors (Lipinski definition) is 10. The molecule has 0 radical (unpaired) electrons. The van der Waals surface area contributed by atoms with Crippen LogP contribution < -0.4 is 30.2 Å². The number of carboxylic acid groups (broad SMARTS) is 1. The van der Waals surface area contributed by atoms with Gasteiger partial charge < -0.3 is 35.3 Å². The average Bonchev–Trinajstić information content (AvgIpc) is 2.91. The summed E-state index contributed by atoms with van der Waals surface area (Å²) in [7, 11) is 0. The number of nitrogens with one attached hydrogen (secondary N) is 3. The Hall–Kier alpha value is -6.05. The number of benzene rings is 3. The molecule has 0 saturated heterocycles. The molecular formula is C30H29N3O11. The van der Waals surface area contributed by atoms with Crippen LogP contribution in [0.1, 0.15) is 33.6 Å². The molecule has 0 aromatic heterocycles. The first-order valence-electron chi connectivity index (χ1n) is 12.8. The number of carboxylic acids is 1. The molecule has 44 heavy (non-hydrogen) atoms. The largest absolute Gasteiger partial charge is 0.481 e. The smallest absolute Gasteiger partial charge is 0.322 e. The molecule has 0 atom stereocenters. The Labute approximate surface area is 251 Å². The van der Waals surface area contributed by atoms with Crippen LogP contribution in [0.25, 0.3) is 0 Å². The molecule has 0 heterocycles. The van der Waals surface area contributed by atoms with Gasteiger partial charge >= 0.3 is 23.9 Å². The highest BCUT2D eigenvalue weighted by Crippen LogP contribution is 2.19. The maximum absolute atomic E-state index is 11.8. The summed E-state index contributed by atoms with van der Waals surface area (Å²) >= 11 is 0. The predicted octanol–water partition coefficient (Wildman–Crippen LogP) is 3.53. The van der Waals surface area contributed by atoms with Crippen LogP contribution in [-0.4, -0.2) is 46.7 Å². The highest BCUT2D eigenvalue weighted by molar-refractivity contribution is 5.94. The standard InChI is InChI=1S/C19H18N2O6.C11H11NO5/c1-12(22)20-14-3-7-16(8-4-14)26-18(24)11-19(25)27-17-9-5-15(6-10-17)21-13(2)23;1-7(13)12-8-2-4-9(5-3-8)17-11(16)6-10(14)15/h3-10H,11H2,1-2H3,(H,20,22)(H,21,23);2-5H,6H2,1H3,(H,12,13)(H,14,15). The number of carbonyl (C=O) groups is 7. The Morgan fingerprint density at radius 3 is 0.955 bits per heavy atom. The Morgan fingerprint density at radius 2 is 0.727 bits per heavy atom. The molecular weight excluding hydrogens is 578 g/mol. The maximum atomic E-state index is 11.8. The van der Waals surface area contributed by atoms with Crippen molar-refractivity contribution in [2.24, 2.45) is 0 Å². The number of aliphatic carboxylic acids is 1. The fourth-order valence-corrected chi connectivity index (χ4v) is 3.17. The van der Waals surface area contributed by atoms with Gasteiger partial charge in [0.25, 0.3) is 0 Å². The van der Waals surface area contributed by atoms with Gasteiger partial charge in [0.15, 0.2) is 0 Å². The van der Waals surface area contributed by atoms with Gasteiger partial charge in [-0.05, 0) is 72.8 Å². The van der Waals surface area contributed by atoms with E-state index in [0.717, 1.165) is 0 Å². The minimum Gasteiger partial charge on any atom is -0.481 e. The molecule has 3 rings (SSSR count). The van der Waals surface area contributed by atoms with Gasteiger partial charge in [-0.1, -0.05) is 0 Å². The van der Waals surface area contributed by atoms with Crippen molar-refractivity contribution in [1.82, 2.24) is 0 Å². The van der Waals surface area contributed by atoms with E-state index in [2.05, 4.69) is 16.0 Å². The molecule has 0 aliphatic heterocycles. The molecule has 4 N–H and O–H groups in total. The van der Waals surface area contributed by atoms with E-state index in [4.69, 9.17) is 19.3 Å². The predicted molar refractivity (Wildman–Crippen MR) is 156 cm³/mol. The second-order valence-electron chi connectivity index (χ2n) is 8.79. The van der Waals surface area contributed by atoms with Crippen LogP contribution >= 0.6 is 0 Å². The van der Waals surface area contributed by atoms with Crippen molar-refractivity contribution in [1.29, 1.82) is 0 Å². The van der Waals surface area contributed by atoms with E-state index in [9.17, 15) is 33.6 Å². The van der Waals surface area contributed by atoms with E-state index < -0.39 is 36.7 Å². The normalized spacial score (nSPS) is 9.70. The monoisotopic (exact) mass is 607 g/mol. The Bertz CT molecular complexity index is 1430. The van der Waals surface area contributed by atoms with Gasteiger partial charge in [0.1, 0.15) is 30.1 Å². The third-order valence-electron chi connectivity index (χ3n) is 4.80. The second-order valence-corrected chi connectivity index (χ2v) is 8.79. The molecule has 3 amide bonds. The zero-order valence-electron chi connectivity index (χ0n) is 23.9. The zero-order valence-corrected chi connectivity index (χ0v) is 23.9. The molecule has 0 fully saturated rings. The maximum Gasteiger partial charge on any atom is 0.322 e. The third-order valence-corrected chi connectivity index (χ3v) is 4.80. The van der Waals surface area contributed by atoms with Crippen molar-refractivity contribution >= 4 is 58.7 Å². The molecule has 14 nitrogen and oxygen atoms in total. The van der Waals surface area contributed by atoms with Crippen LogP contribution in [0.4, 0.5) is 17.1 Å². The van der Waals surface area contributed by atoms with E-state index >= 15 is 0 Å². The first kappa shape index (κ1) is 34.2. The van der Waals surface area contributed by atoms with Gasteiger partial charge in [-0.3, -0.25) is 33.6 Å². The summed E-state index contributed by atoms with van der Waals surface area (Å²) in [6, 6.07) is 18.3. The quantitative estimate of drug-likeness (QED) is 0.149. The SMILES string of the molecule is CC(=O)Nc1ccc(OC(=O)CC(=O)O)cc1.CC(=O)Nc1ccc(OC(=O)CC(=O)Oc2ccc(NC(C)=O)cc2)cc1. The number of hydrogen-bond donors (Lipinski definition) is 4. The Balaban J connectivity index is 0.000000342. The topological polar surface area (TPSA) is 203 Å². The number of rotatable bonds is 10. The lowest BCUT2D eigenvalue weighted by molar-refractivity contribution is -0.147. The van der Waals surface area contributed by atoms with Crippen LogP contribution in [0.5, 0.6) is 17.2 Å². The summed E-state index contributed by atoms with van der Waals surface area (Å²) in [6.07, 6.45) is -1.26. The number of esters is 3. The number of amides is 3. The fraction of sp³-hybridized carbons (Fsp3) is 0.167. The van der Waals surface area contributed by atoms with Crippen LogP contribution in [0.15, 0.2) is 72.8 Å². The molecule has 0 spiro atoms. The van der Waals surface area contributed by atoms with Gasteiger partial charge in [-0.2, -0.15) is 0 Å². The summed E-state index contributed by atoms with van der Waals surface area (Å²) in [6.45, 7) is 4.14. The molecule has 14 heteroatoms. The van der Waals surface area contributed by atoms with Crippen molar-refractivity contribution < 1.29 is 52.9 Å². The molecule has 3 aromatic rings. The van der Waals surface area contributed by atoms with E-state index in [-0.39, 0.29) is 35.0 Å². The molecule has 3 aromatic carbocycles.